The van der Waals surface area contributed by atoms with Crippen LogP contribution in [-0.2, 0) is 5.41 Å². The van der Waals surface area contributed by atoms with Crippen LogP contribution in [0.4, 0.5) is 0 Å². The fraction of sp³-hybridized carbons (Fsp3) is 0.0149. The Kier molecular flexibility index (Phi) is 7.30. The zero-order valence-electron chi connectivity index (χ0n) is 37.3. The highest BCUT2D eigenvalue weighted by molar-refractivity contribution is 6.22. The average molecular weight is 875 g/mol. The van der Waals surface area contributed by atoms with Crippen molar-refractivity contribution >= 4 is 76.2 Å². The molecule has 318 valence electrons. The van der Waals surface area contributed by atoms with Crippen LogP contribution in [0.5, 0.6) is 0 Å². The van der Waals surface area contributed by atoms with Crippen LogP contribution < -0.4 is 0 Å². The van der Waals surface area contributed by atoms with Gasteiger partial charge in [0.2, 0.25) is 0 Å². The fourth-order valence-corrected chi connectivity index (χ4v) is 12.9. The molecule has 2 aliphatic carbocycles. The van der Waals surface area contributed by atoms with Gasteiger partial charge < -0.3 is 8.83 Å². The lowest BCUT2D eigenvalue weighted by atomic mass is 9.69. The molecule has 1 spiro atoms. The van der Waals surface area contributed by atoms with Crippen molar-refractivity contribution in [3.05, 3.63) is 253 Å². The molecule has 0 N–H and O–H groups in total. The Labute approximate surface area is 396 Å². The number of fused-ring (bicyclic) bond motifs is 20. The number of para-hydroxylation sites is 2. The normalized spacial score (nSPS) is 14.7. The summed E-state index contributed by atoms with van der Waals surface area (Å²) in [4.78, 5) is 0. The van der Waals surface area contributed by atoms with E-state index in [0.29, 0.717) is 0 Å². The fourth-order valence-electron chi connectivity index (χ4n) is 12.9. The maximum Gasteiger partial charge on any atom is 0.136 e. The minimum absolute atomic E-state index is 0.518. The second-order valence-electron chi connectivity index (χ2n) is 18.9. The predicted octanol–water partition coefficient (Wildman–Crippen LogP) is 18.3. The van der Waals surface area contributed by atoms with Crippen molar-refractivity contribution in [2.45, 2.75) is 5.41 Å². The van der Waals surface area contributed by atoms with Gasteiger partial charge in [0.05, 0.1) is 5.41 Å². The van der Waals surface area contributed by atoms with Gasteiger partial charge in [0.25, 0.3) is 0 Å². The monoisotopic (exact) mass is 874 g/mol. The molecule has 0 radical (unpaired) electrons. The van der Waals surface area contributed by atoms with Crippen LogP contribution in [0.2, 0.25) is 0 Å². The second-order valence-corrected chi connectivity index (χ2v) is 18.9. The zero-order valence-corrected chi connectivity index (χ0v) is 37.3. The van der Waals surface area contributed by atoms with E-state index < -0.39 is 5.41 Å². The van der Waals surface area contributed by atoms with Crippen LogP contribution in [-0.4, -0.2) is 0 Å². The first-order chi connectivity index (χ1) is 34.2. The number of benzene rings is 12. The highest BCUT2D eigenvalue weighted by Gasteiger charge is 2.53. The van der Waals surface area contributed by atoms with Gasteiger partial charge in [-0.1, -0.05) is 188 Å². The van der Waals surface area contributed by atoms with Crippen molar-refractivity contribution in [3.63, 3.8) is 0 Å². The molecule has 0 fully saturated rings. The Bertz CT molecular complexity index is 4390. The quantitative estimate of drug-likeness (QED) is 0.165. The minimum atomic E-state index is -0.518. The van der Waals surface area contributed by atoms with Crippen LogP contribution in [0.25, 0.3) is 132 Å². The van der Waals surface area contributed by atoms with Gasteiger partial charge in [-0.3, -0.25) is 0 Å². The highest BCUT2D eigenvalue weighted by Crippen LogP contribution is 2.65. The molecule has 1 atom stereocenters. The van der Waals surface area contributed by atoms with Crippen molar-refractivity contribution in [2.24, 2.45) is 0 Å². The van der Waals surface area contributed by atoms with Crippen molar-refractivity contribution in [1.82, 2.24) is 0 Å². The van der Waals surface area contributed by atoms with Gasteiger partial charge in [0.1, 0.15) is 22.3 Å². The lowest BCUT2D eigenvalue weighted by molar-refractivity contribution is 0.668. The summed E-state index contributed by atoms with van der Waals surface area (Å²) in [6, 6.07) is 85.4. The molecule has 0 saturated carbocycles. The Morgan fingerprint density at radius 2 is 0.725 bits per heavy atom. The van der Waals surface area contributed by atoms with Crippen LogP contribution in [0.1, 0.15) is 22.3 Å². The van der Waals surface area contributed by atoms with E-state index in [1.165, 1.54) is 88.0 Å². The second kappa shape index (κ2) is 13.6. The predicted molar refractivity (Wildman–Crippen MR) is 286 cm³/mol. The van der Waals surface area contributed by atoms with Gasteiger partial charge in [-0.05, 0) is 153 Å². The van der Waals surface area contributed by atoms with Crippen molar-refractivity contribution in [1.29, 1.82) is 0 Å². The third-order valence-corrected chi connectivity index (χ3v) is 15.7. The number of hydrogen-bond donors (Lipinski definition) is 0. The molecule has 0 saturated heterocycles. The Balaban J connectivity index is 1.03. The molecule has 2 heteroatoms. The van der Waals surface area contributed by atoms with E-state index in [1.54, 1.807) is 0 Å². The van der Waals surface area contributed by atoms with Crippen molar-refractivity contribution < 1.29 is 8.83 Å². The molecule has 1 unspecified atom stereocenters. The third kappa shape index (κ3) is 4.84. The minimum Gasteiger partial charge on any atom is -0.456 e. The summed E-state index contributed by atoms with van der Waals surface area (Å²) in [7, 11) is 0. The van der Waals surface area contributed by atoms with Crippen LogP contribution in [0.15, 0.2) is 239 Å². The molecule has 16 rings (SSSR count). The Morgan fingerprint density at radius 3 is 1.39 bits per heavy atom. The third-order valence-electron chi connectivity index (χ3n) is 15.7. The van der Waals surface area contributed by atoms with E-state index in [2.05, 4.69) is 218 Å². The van der Waals surface area contributed by atoms with Gasteiger partial charge in [-0.25, -0.2) is 0 Å². The van der Waals surface area contributed by atoms with E-state index in [4.69, 9.17) is 8.83 Å². The molecule has 69 heavy (non-hydrogen) atoms. The molecular weight excluding hydrogens is 837 g/mol. The topological polar surface area (TPSA) is 26.3 Å². The molecule has 0 aliphatic heterocycles. The summed E-state index contributed by atoms with van der Waals surface area (Å²) in [6.45, 7) is 0. The molecule has 2 nitrogen and oxygen atoms in total. The molecule has 2 aliphatic rings. The summed E-state index contributed by atoms with van der Waals surface area (Å²) in [5.41, 5.74) is 20.6. The SMILES string of the molecule is c1ccc2c(c1)-c1ccc3ccccc3c1C21c2ccccc2-c2c(-c3c4cccc(-c5ccc6c(c5)oc5ccccc56)c4cc4c(-c5ccc6c(c5)oc5ccccc56)cccc34)cccc21. The first-order valence-electron chi connectivity index (χ1n) is 23.9. The number of hydrogen-bond acceptors (Lipinski definition) is 2. The lowest BCUT2D eigenvalue weighted by Crippen LogP contribution is -2.26. The van der Waals surface area contributed by atoms with E-state index in [-0.39, 0.29) is 0 Å². The molecule has 0 amide bonds. The maximum absolute atomic E-state index is 6.52. The number of rotatable bonds is 3. The molecule has 12 aromatic carbocycles. The molecule has 2 heterocycles. The Morgan fingerprint density at radius 1 is 0.246 bits per heavy atom. The van der Waals surface area contributed by atoms with Crippen LogP contribution in [0, 0.1) is 0 Å². The van der Waals surface area contributed by atoms with E-state index in [0.717, 1.165) is 66.1 Å². The first-order valence-corrected chi connectivity index (χ1v) is 23.9. The van der Waals surface area contributed by atoms with Gasteiger partial charge in [-0.2, -0.15) is 0 Å². The molecule has 14 aromatic rings. The summed E-state index contributed by atoms with van der Waals surface area (Å²) >= 11 is 0. The van der Waals surface area contributed by atoms with Crippen LogP contribution in [0.3, 0.4) is 0 Å². The van der Waals surface area contributed by atoms with Crippen LogP contribution >= 0.6 is 0 Å². The van der Waals surface area contributed by atoms with Gasteiger partial charge in [0, 0.05) is 21.5 Å². The van der Waals surface area contributed by atoms with Gasteiger partial charge >= 0.3 is 0 Å². The summed E-state index contributed by atoms with van der Waals surface area (Å²) < 4.78 is 13.0. The molecular formula is C67H38O2. The highest BCUT2D eigenvalue weighted by atomic mass is 16.3. The Hall–Kier alpha value is -8.98. The van der Waals surface area contributed by atoms with E-state index in [1.807, 2.05) is 12.1 Å². The van der Waals surface area contributed by atoms with Gasteiger partial charge in [0.15, 0.2) is 0 Å². The average Bonchev–Trinajstić information content (AvgIpc) is 4.15. The zero-order chi connectivity index (χ0) is 45.0. The summed E-state index contributed by atoms with van der Waals surface area (Å²) in [5.74, 6) is 0. The maximum atomic E-state index is 6.52. The summed E-state index contributed by atoms with van der Waals surface area (Å²) in [5, 5.41) is 11.9. The molecule has 0 bridgehead atoms. The number of furan rings is 2. The first kappa shape index (κ1) is 37.1. The van der Waals surface area contributed by atoms with E-state index in [9.17, 15) is 0 Å². The lowest BCUT2D eigenvalue weighted by Gasteiger charge is -2.31. The smallest absolute Gasteiger partial charge is 0.136 e. The summed E-state index contributed by atoms with van der Waals surface area (Å²) in [6.07, 6.45) is 0. The largest absolute Gasteiger partial charge is 0.456 e. The standard InChI is InChI=1S/C67H38O2/c1-2-15-44-39(14-1)30-35-52-45-16-3-7-25-57(45)67(66(44)52)58-26-8-4-19-53(58)65-54(24-13-27-59(65)67)64-50-22-11-20-42(40-31-33-48-46-17-5-9-28-60(46)68-62(48)36-40)55(50)38-56-43(21-12-23-51(56)64)41-32-34-49-47-18-6-10-29-61(47)69-63(49)37-41/h1-38H. The van der Waals surface area contributed by atoms with Crippen molar-refractivity contribution in [3.8, 4) is 55.6 Å². The van der Waals surface area contributed by atoms with Gasteiger partial charge in [-0.15, -0.1) is 0 Å². The molecule has 2 aromatic heterocycles. The van der Waals surface area contributed by atoms with Crippen molar-refractivity contribution in [2.75, 3.05) is 0 Å². The van der Waals surface area contributed by atoms with E-state index >= 15 is 0 Å².